The third kappa shape index (κ3) is 5.54. The van der Waals surface area contributed by atoms with Gasteiger partial charge >= 0.3 is 0 Å². The highest BCUT2D eigenvalue weighted by Crippen LogP contribution is 2.19. The highest BCUT2D eigenvalue weighted by atomic mass is 19.1. The quantitative estimate of drug-likeness (QED) is 0.628. The van der Waals surface area contributed by atoms with Crippen LogP contribution in [0, 0.1) is 19.7 Å². The average molecular weight is 398 g/mol. The normalized spacial score (nSPS) is 12.3. The van der Waals surface area contributed by atoms with Gasteiger partial charge in [0.25, 0.3) is 5.91 Å². The zero-order valence-electron chi connectivity index (χ0n) is 17.3. The molecule has 0 bridgehead atoms. The Morgan fingerprint density at radius 1 is 1.21 bits per heavy atom. The second kappa shape index (κ2) is 9.05. The standard InChI is InChI=1S/C22H27FN4O2/c1-15-13-16(2)27(25-15)14-19-9-10-21(29-19)22(28)24-20(11-12-26(3)4)17-5-7-18(23)8-6-17/h5-10,13,20H,11-12,14H2,1-4H3,(H,24,28). The number of halogens is 1. The van der Waals surface area contributed by atoms with E-state index >= 15 is 0 Å². The van der Waals surface area contributed by atoms with E-state index in [0.29, 0.717) is 18.7 Å². The molecule has 154 valence electrons. The number of rotatable bonds is 8. The number of amides is 1. The predicted octanol–water partition coefficient (Wildman–Crippen LogP) is 3.70. The van der Waals surface area contributed by atoms with Crippen molar-refractivity contribution in [3.05, 3.63) is 76.8 Å². The minimum Gasteiger partial charge on any atom is -0.454 e. The van der Waals surface area contributed by atoms with Crippen molar-refractivity contribution in [3.63, 3.8) is 0 Å². The average Bonchev–Trinajstić information content (AvgIpc) is 3.25. The molecule has 1 N–H and O–H groups in total. The van der Waals surface area contributed by atoms with Crippen LogP contribution in [0.4, 0.5) is 4.39 Å². The Morgan fingerprint density at radius 3 is 2.55 bits per heavy atom. The number of aromatic nitrogens is 2. The van der Waals surface area contributed by atoms with Crippen molar-refractivity contribution in [2.45, 2.75) is 32.9 Å². The summed E-state index contributed by atoms with van der Waals surface area (Å²) in [5.41, 5.74) is 2.83. The molecular weight excluding hydrogens is 371 g/mol. The summed E-state index contributed by atoms with van der Waals surface area (Å²) in [5, 5.41) is 7.43. The highest BCUT2D eigenvalue weighted by molar-refractivity contribution is 5.91. The van der Waals surface area contributed by atoms with E-state index in [9.17, 15) is 9.18 Å². The minimum absolute atomic E-state index is 0.241. The second-order valence-electron chi connectivity index (χ2n) is 7.52. The van der Waals surface area contributed by atoms with Gasteiger partial charge in [-0.2, -0.15) is 5.10 Å². The van der Waals surface area contributed by atoms with E-state index in [0.717, 1.165) is 23.5 Å². The van der Waals surface area contributed by atoms with Crippen molar-refractivity contribution in [3.8, 4) is 0 Å². The minimum atomic E-state index is -0.300. The number of hydrogen-bond donors (Lipinski definition) is 1. The van der Waals surface area contributed by atoms with Gasteiger partial charge < -0.3 is 14.6 Å². The lowest BCUT2D eigenvalue weighted by atomic mass is 10.0. The molecule has 1 atom stereocenters. The number of nitrogens with one attached hydrogen (secondary N) is 1. The van der Waals surface area contributed by atoms with Gasteiger partial charge in [0.2, 0.25) is 0 Å². The molecule has 3 rings (SSSR count). The summed E-state index contributed by atoms with van der Waals surface area (Å²) in [6, 6.07) is 11.4. The summed E-state index contributed by atoms with van der Waals surface area (Å²) in [6.45, 7) is 5.17. The van der Waals surface area contributed by atoms with Crippen molar-refractivity contribution < 1.29 is 13.6 Å². The van der Waals surface area contributed by atoms with Crippen molar-refractivity contribution in [2.75, 3.05) is 20.6 Å². The molecule has 0 aliphatic heterocycles. The van der Waals surface area contributed by atoms with Gasteiger partial charge in [0, 0.05) is 5.69 Å². The number of carbonyl (C=O) groups excluding carboxylic acids is 1. The number of aryl methyl sites for hydroxylation is 2. The van der Waals surface area contributed by atoms with Gasteiger partial charge in [-0.3, -0.25) is 9.48 Å². The Labute approximate surface area is 170 Å². The molecule has 0 aliphatic carbocycles. The van der Waals surface area contributed by atoms with Gasteiger partial charge in [-0.25, -0.2) is 4.39 Å². The summed E-state index contributed by atoms with van der Waals surface area (Å²) in [5.74, 6) is 0.315. The van der Waals surface area contributed by atoms with Crippen LogP contribution in [0.25, 0.3) is 0 Å². The number of nitrogens with zero attached hydrogens (tertiary/aromatic N) is 3. The molecule has 29 heavy (non-hydrogen) atoms. The third-order valence-electron chi connectivity index (χ3n) is 4.74. The fraction of sp³-hybridized carbons (Fsp3) is 0.364. The molecule has 1 unspecified atom stereocenters. The smallest absolute Gasteiger partial charge is 0.287 e. The van der Waals surface area contributed by atoms with E-state index in [4.69, 9.17) is 4.42 Å². The zero-order valence-corrected chi connectivity index (χ0v) is 17.3. The number of benzene rings is 1. The van der Waals surface area contributed by atoms with Crippen LogP contribution >= 0.6 is 0 Å². The largest absolute Gasteiger partial charge is 0.454 e. The van der Waals surface area contributed by atoms with Crippen LogP contribution in [-0.4, -0.2) is 41.2 Å². The highest BCUT2D eigenvalue weighted by Gasteiger charge is 2.19. The first-order valence-electron chi connectivity index (χ1n) is 9.62. The van der Waals surface area contributed by atoms with Crippen LogP contribution < -0.4 is 5.32 Å². The Hall–Kier alpha value is -2.93. The first-order chi connectivity index (χ1) is 13.8. The summed E-state index contributed by atoms with van der Waals surface area (Å²) in [4.78, 5) is 14.8. The fourth-order valence-corrected chi connectivity index (χ4v) is 3.20. The molecule has 1 aromatic carbocycles. The van der Waals surface area contributed by atoms with E-state index in [1.807, 2.05) is 43.6 Å². The molecule has 0 spiro atoms. The molecule has 6 nitrogen and oxygen atoms in total. The van der Waals surface area contributed by atoms with Crippen LogP contribution in [0.1, 0.15) is 45.7 Å². The molecular formula is C22H27FN4O2. The maximum Gasteiger partial charge on any atom is 0.287 e. The molecule has 0 radical (unpaired) electrons. The maximum absolute atomic E-state index is 13.3. The first-order valence-corrected chi connectivity index (χ1v) is 9.62. The van der Waals surface area contributed by atoms with E-state index < -0.39 is 0 Å². The third-order valence-corrected chi connectivity index (χ3v) is 4.74. The Kier molecular flexibility index (Phi) is 6.49. The molecule has 7 heteroatoms. The Morgan fingerprint density at radius 2 is 1.93 bits per heavy atom. The Balaban J connectivity index is 1.71. The van der Waals surface area contributed by atoms with Crippen LogP contribution in [0.5, 0.6) is 0 Å². The second-order valence-corrected chi connectivity index (χ2v) is 7.52. The van der Waals surface area contributed by atoms with Crippen LogP contribution in [0.2, 0.25) is 0 Å². The fourth-order valence-electron chi connectivity index (χ4n) is 3.20. The van der Waals surface area contributed by atoms with Gasteiger partial charge in [-0.15, -0.1) is 0 Å². The lowest BCUT2D eigenvalue weighted by Gasteiger charge is -2.21. The lowest BCUT2D eigenvalue weighted by Crippen LogP contribution is -2.30. The summed E-state index contributed by atoms with van der Waals surface area (Å²) in [6.07, 6.45) is 0.698. The SMILES string of the molecule is Cc1cc(C)n(Cc2ccc(C(=O)NC(CCN(C)C)c3ccc(F)cc3)o2)n1. The summed E-state index contributed by atoms with van der Waals surface area (Å²) >= 11 is 0. The summed E-state index contributed by atoms with van der Waals surface area (Å²) in [7, 11) is 3.95. The van der Waals surface area contributed by atoms with Crippen LogP contribution in [0.3, 0.4) is 0 Å². The van der Waals surface area contributed by atoms with E-state index in [1.165, 1.54) is 12.1 Å². The van der Waals surface area contributed by atoms with E-state index in [-0.39, 0.29) is 23.5 Å². The molecule has 0 aliphatic rings. The molecule has 0 saturated heterocycles. The molecule has 0 saturated carbocycles. The number of furan rings is 1. The summed E-state index contributed by atoms with van der Waals surface area (Å²) < 4.78 is 20.9. The maximum atomic E-state index is 13.3. The predicted molar refractivity (Wildman–Crippen MR) is 109 cm³/mol. The van der Waals surface area contributed by atoms with Crippen molar-refractivity contribution >= 4 is 5.91 Å². The van der Waals surface area contributed by atoms with Crippen LogP contribution in [0.15, 0.2) is 46.9 Å². The van der Waals surface area contributed by atoms with E-state index in [1.54, 1.807) is 24.3 Å². The topological polar surface area (TPSA) is 63.3 Å². The van der Waals surface area contributed by atoms with Gasteiger partial charge in [-0.05, 0) is 76.8 Å². The van der Waals surface area contributed by atoms with Gasteiger partial charge in [0.05, 0.1) is 18.3 Å². The number of carbonyl (C=O) groups is 1. The van der Waals surface area contributed by atoms with Gasteiger partial charge in [0.15, 0.2) is 5.76 Å². The number of hydrogen-bond acceptors (Lipinski definition) is 4. The van der Waals surface area contributed by atoms with Gasteiger partial charge in [-0.1, -0.05) is 12.1 Å². The van der Waals surface area contributed by atoms with Crippen molar-refractivity contribution in [2.24, 2.45) is 0 Å². The van der Waals surface area contributed by atoms with Crippen LogP contribution in [-0.2, 0) is 6.54 Å². The molecule has 1 amide bonds. The van der Waals surface area contributed by atoms with E-state index in [2.05, 4.69) is 10.4 Å². The first kappa shape index (κ1) is 20.8. The van der Waals surface area contributed by atoms with Crippen molar-refractivity contribution in [1.29, 1.82) is 0 Å². The van der Waals surface area contributed by atoms with Crippen molar-refractivity contribution in [1.82, 2.24) is 20.0 Å². The Bertz CT molecular complexity index is 960. The zero-order chi connectivity index (χ0) is 21.0. The lowest BCUT2D eigenvalue weighted by molar-refractivity contribution is 0.0902. The molecule has 3 aromatic rings. The molecule has 2 aromatic heterocycles. The molecule has 2 heterocycles. The molecule has 0 fully saturated rings. The monoisotopic (exact) mass is 398 g/mol. The van der Waals surface area contributed by atoms with Gasteiger partial charge in [0.1, 0.15) is 11.6 Å².